The number of ether oxygens (including phenoxy) is 1. The fourth-order valence-corrected chi connectivity index (χ4v) is 1.71. The number of rotatable bonds is 7. The SMILES string of the molecule is CCCC(COCc1ccccc1)N(C)C. The van der Waals surface area contributed by atoms with E-state index >= 15 is 0 Å². The molecule has 0 bridgehead atoms. The summed E-state index contributed by atoms with van der Waals surface area (Å²) in [5.74, 6) is 0. The second-order valence-corrected chi connectivity index (χ2v) is 4.41. The molecule has 90 valence electrons. The maximum Gasteiger partial charge on any atom is 0.0717 e. The zero-order valence-electron chi connectivity index (χ0n) is 10.6. The van der Waals surface area contributed by atoms with E-state index in [1.165, 1.54) is 18.4 Å². The van der Waals surface area contributed by atoms with Gasteiger partial charge in [0.2, 0.25) is 0 Å². The molecular formula is C14H23NO. The van der Waals surface area contributed by atoms with Crippen LogP contribution in [0.5, 0.6) is 0 Å². The summed E-state index contributed by atoms with van der Waals surface area (Å²) < 4.78 is 5.75. The van der Waals surface area contributed by atoms with Gasteiger partial charge in [-0.05, 0) is 26.1 Å². The van der Waals surface area contributed by atoms with Gasteiger partial charge in [-0.25, -0.2) is 0 Å². The molecule has 0 N–H and O–H groups in total. The monoisotopic (exact) mass is 221 g/mol. The highest BCUT2D eigenvalue weighted by Gasteiger charge is 2.09. The molecule has 0 fully saturated rings. The van der Waals surface area contributed by atoms with Gasteiger partial charge in [-0.15, -0.1) is 0 Å². The van der Waals surface area contributed by atoms with Crippen LogP contribution in [-0.2, 0) is 11.3 Å². The molecule has 2 heteroatoms. The first-order valence-electron chi connectivity index (χ1n) is 6.02. The van der Waals surface area contributed by atoms with Crippen LogP contribution in [0, 0.1) is 0 Å². The normalized spacial score (nSPS) is 13.0. The van der Waals surface area contributed by atoms with Gasteiger partial charge in [0.25, 0.3) is 0 Å². The van der Waals surface area contributed by atoms with E-state index in [0.29, 0.717) is 6.04 Å². The Morgan fingerprint density at radius 1 is 1.19 bits per heavy atom. The van der Waals surface area contributed by atoms with Crippen LogP contribution in [0.1, 0.15) is 25.3 Å². The molecule has 0 saturated carbocycles. The maximum absolute atomic E-state index is 5.75. The van der Waals surface area contributed by atoms with Crippen molar-refractivity contribution in [3.63, 3.8) is 0 Å². The number of nitrogens with zero attached hydrogens (tertiary/aromatic N) is 1. The molecule has 2 nitrogen and oxygen atoms in total. The first kappa shape index (κ1) is 13.2. The summed E-state index contributed by atoms with van der Waals surface area (Å²) in [6, 6.07) is 10.9. The Labute approximate surface area is 99.2 Å². The summed E-state index contributed by atoms with van der Waals surface area (Å²) in [6.45, 7) is 3.75. The summed E-state index contributed by atoms with van der Waals surface area (Å²) in [4.78, 5) is 2.24. The van der Waals surface area contributed by atoms with E-state index < -0.39 is 0 Å². The van der Waals surface area contributed by atoms with Crippen LogP contribution in [0.2, 0.25) is 0 Å². The van der Waals surface area contributed by atoms with Crippen LogP contribution in [0.4, 0.5) is 0 Å². The largest absolute Gasteiger partial charge is 0.375 e. The Hall–Kier alpha value is -0.860. The van der Waals surface area contributed by atoms with E-state index in [-0.39, 0.29) is 0 Å². The topological polar surface area (TPSA) is 12.5 Å². The molecule has 0 aliphatic heterocycles. The molecule has 1 atom stereocenters. The van der Waals surface area contributed by atoms with Gasteiger partial charge in [-0.3, -0.25) is 0 Å². The number of benzene rings is 1. The number of likely N-dealkylation sites (N-methyl/N-ethyl adjacent to an activating group) is 1. The van der Waals surface area contributed by atoms with Crippen molar-refractivity contribution in [3.05, 3.63) is 35.9 Å². The zero-order valence-corrected chi connectivity index (χ0v) is 10.6. The first-order chi connectivity index (χ1) is 7.74. The lowest BCUT2D eigenvalue weighted by molar-refractivity contribution is 0.0651. The molecular weight excluding hydrogens is 198 g/mol. The van der Waals surface area contributed by atoms with Crippen LogP contribution in [0.15, 0.2) is 30.3 Å². The van der Waals surface area contributed by atoms with Gasteiger partial charge >= 0.3 is 0 Å². The molecule has 1 rings (SSSR count). The lowest BCUT2D eigenvalue weighted by Gasteiger charge is -2.23. The second kappa shape index (κ2) is 7.42. The average molecular weight is 221 g/mol. The van der Waals surface area contributed by atoms with Gasteiger partial charge in [0.05, 0.1) is 13.2 Å². The van der Waals surface area contributed by atoms with Crippen LogP contribution in [0.25, 0.3) is 0 Å². The van der Waals surface area contributed by atoms with E-state index in [2.05, 4.69) is 38.1 Å². The maximum atomic E-state index is 5.75. The van der Waals surface area contributed by atoms with E-state index in [1.807, 2.05) is 18.2 Å². The second-order valence-electron chi connectivity index (χ2n) is 4.41. The minimum Gasteiger partial charge on any atom is -0.375 e. The molecule has 0 saturated heterocycles. The van der Waals surface area contributed by atoms with Gasteiger partial charge in [0.15, 0.2) is 0 Å². The van der Waals surface area contributed by atoms with E-state index in [1.54, 1.807) is 0 Å². The average Bonchev–Trinajstić information content (AvgIpc) is 2.29. The molecule has 0 spiro atoms. The predicted molar refractivity (Wildman–Crippen MR) is 68.5 cm³/mol. The molecule has 16 heavy (non-hydrogen) atoms. The Morgan fingerprint density at radius 2 is 1.88 bits per heavy atom. The Bertz CT molecular complexity index is 271. The van der Waals surface area contributed by atoms with Crippen molar-refractivity contribution in [1.82, 2.24) is 4.90 Å². The third kappa shape index (κ3) is 4.77. The van der Waals surface area contributed by atoms with Crippen molar-refractivity contribution in [2.45, 2.75) is 32.4 Å². The zero-order chi connectivity index (χ0) is 11.8. The van der Waals surface area contributed by atoms with Gasteiger partial charge in [0.1, 0.15) is 0 Å². The first-order valence-corrected chi connectivity index (χ1v) is 6.02. The highest BCUT2D eigenvalue weighted by atomic mass is 16.5. The summed E-state index contributed by atoms with van der Waals surface area (Å²) in [5.41, 5.74) is 1.25. The smallest absolute Gasteiger partial charge is 0.0717 e. The molecule has 0 aliphatic rings. The van der Waals surface area contributed by atoms with E-state index in [4.69, 9.17) is 4.74 Å². The third-order valence-electron chi connectivity index (χ3n) is 2.77. The van der Waals surface area contributed by atoms with Gasteiger partial charge < -0.3 is 9.64 Å². The molecule has 0 aliphatic carbocycles. The number of hydrogen-bond donors (Lipinski definition) is 0. The quantitative estimate of drug-likeness (QED) is 0.702. The van der Waals surface area contributed by atoms with Gasteiger partial charge in [-0.2, -0.15) is 0 Å². The van der Waals surface area contributed by atoms with Gasteiger partial charge in [0, 0.05) is 6.04 Å². The summed E-state index contributed by atoms with van der Waals surface area (Å²) in [7, 11) is 4.23. The summed E-state index contributed by atoms with van der Waals surface area (Å²) in [6.07, 6.45) is 2.40. The van der Waals surface area contributed by atoms with E-state index in [0.717, 1.165) is 13.2 Å². The fraction of sp³-hybridized carbons (Fsp3) is 0.571. The highest BCUT2D eigenvalue weighted by molar-refractivity contribution is 5.13. The minimum absolute atomic E-state index is 0.536. The molecule has 1 aromatic carbocycles. The van der Waals surface area contributed by atoms with Crippen molar-refractivity contribution in [3.8, 4) is 0 Å². The van der Waals surface area contributed by atoms with Crippen molar-refractivity contribution in [2.24, 2.45) is 0 Å². The highest BCUT2D eigenvalue weighted by Crippen LogP contribution is 2.06. The Balaban J connectivity index is 2.28. The number of hydrogen-bond acceptors (Lipinski definition) is 2. The van der Waals surface area contributed by atoms with Crippen LogP contribution in [0.3, 0.4) is 0 Å². The van der Waals surface area contributed by atoms with Crippen molar-refractivity contribution >= 4 is 0 Å². The lowest BCUT2D eigenvalue weighted by atomic mass is 10.1. The minimum atomic E-state index is 0.536. The molecule has 0 aromatic heterocycles. The summed E-state index contributed by atoms with van der Waals surface area (Å²) in [5, 5.41) is 0. The third-order valence-corrected chi connectivity index (χ3v) is 2.77. The van der Waals surface area contributed by atoms with Crippen molar-refractivity contribution in [2.75, 3.05) is 20.7 Å². The Kier molecular flexibility index (Phi) is 6.12. The van der Waals surface area contributed by atoms with Gasteiger partial charge in [-0.1, -0.05) is 43.7 Å². The molecule has 0 radical (unpaired) electrons. The predicted octanol–water partition coefficient (Wildman–Crippen LogP) is 2.93. The fourth-order valence-electron chi connectivity index (χ4n) is 1.71. The van der Waals surface area contributed by atoms with Crippen LogP contribution < -0.4 is 0 Å². The van der Waals surface area contributed by atoms with Crippen LogP contribution >= 0.6 is 0 Å². The molecule has 0 heterocycles. The van der Waals surface area contributed by atoms with Crippen molar-refractivity contribution < 1.29 is 4.74 Å². The Morgan fingerprint density at radius 3 is 2.44 bits per heavy atom. The summed E-state index contributed by atoms with van der Waals surface area (Å²) >= 11 is 0. The molecule has 1 unspecified atom stereocenters. The standard InChI is InChI=1S/C14H23NO/c1-4-8-14(15(2)3)12-16-11-13-9-6-5-7-10-13/h5-7,9-10,14H,4,8,11-12H2,1-3H3. The van der Waals surface area contributed by atoms with Crippen molar-refractivity contribution in [1.29, 1.82) is 0 Å². The lowest BCUT2D eigenvalue weighted by Crippen LogP contribution is -2.32. The molecule has 0 amide bonds. The molecule has 1 aromatic rings. The van der Waals surface area contributed by atoms with E-state index in [9.17, 15) is 0 Å². The van der Waals surface area contributed by atoms with Crippen LogP contribution in [-0.4, -0.2) is 31.6 Å².